The Morgan fingerprint density at radius 2 is 2.37 bits per heavy atom. The molecule has 2 unspecified atom stereocenters. The van der Waals surface area contributed by atoms with Crippen LogP contribution in [-0.4, -0.2) is 32.3 Å². The Hall–Kier alpha value is -1.28. The largest absolute Gasteiger partial charge is 0.381 e. The van der Waals surface area contributed by atoms with Gasteiger partial charge in [-0.25, -0.2) is 0 Å². The van der Waals surface area contributed by atoms with Crippen LogP contribution in [0.15, 0.2) is 18.2 Å². The molecule has 0 aromatic heterocycles. The van der Waals surface area contributed by atoms with Crippen LogP contribution in [0.4, 0.5) is 5.69 Å². The van der Waals surface area contributed by atoms with Crippen molar-refractivity contribution in [2.75, 3.05) is 25.1 Å². The van der Waals surface area contributed by atoms with E-state index in [1.165, 1.54) is 0 Å². The normalized spacial score (nSPS) is 23.2. The minimum atomic E-state index is 0.226. The van der Waals surface area contributed by atoms with E-state index in [9.17, 15) is 0 Å². The van der Waals surface area contributed by atoms with E-state index in [1.807, 2.05) is 6.07 Å². The number of anilines is 1. The fourth-order valence-corrected chi connectivity index (χ4v) is 2.87. The molecule has 0 saturated carbocycles. The van der Waals surface area contributed by atoms with Crippen LogP contribution in [0.3, 0.4) is 0 Å². The van der Waals surface area contributed by atoms with E-state index in [0.717, 1.165) is 25.1 Å². The molecule has 1 saturated heterocycles. The van der Waals surface area contributed by atoms with Gasteiger partial charge in [0.1, 0.15) is 0 Å². The summed E-state index contributed by atoms with van der Waals surface area (Å²) in [5.74, 6) is 0. The summed E-state index contributed by atoms with van der Waals surface area (Å²) in [6.07, 6.45) is 2.13. The van der Waals surface area contributed by atoms with E-state index < -0.39 is 0 Å². The van der Waals surface area contributed by atoms with E-state index in [1.54, 1.807) is 19.2 Å². The highest BCUT2D eigenvalue weighted by Gasteiger charge is 2.28. The Morgan fingerprint density at radius 1 is 1.58 bits per heavy atom. The van der Waals surface area contributed by atoms with Crippen molar-refractivity contribution in [1.29, 1.82) is 5.26 Å². The molecule has 2 N–H and O–H groups in total. The van der Waals surface area contributed by atoms with Gasteiger partial charge in [0.15, 0.2) is 0 Å². The summed E-state index contributed by atoms with van der Waals surface area (Å²) in [4.78, 5) is 2.22. The molecule has 1 aromatic rings. The second kappa shape index (κ2) is 6.25. The first-order valence-corrected chi connectivity index (χ1v) is 6.76. The number of ether oxygens (including phenoxy) is 1. The van der Waals surface area contributed by atoms with Gasteiger partial charge in [0.05, 0.1) is 28.4 Å². The predicted molar refractivity (Wildman–Crippen MR) is 76.4 cm³/mol. The number of halogens is 1. The molecule has 2 rings (SSSR count). The quantitative estimate of drug-likeness (QED) is 0.921. The maximum absolute atomic E-state index is 8.87. The molecule has 0 radical (unpaired) electrons. The van der Waals surface area contributed by atoms with E-state index >= 15 is 0 Å². The highest BCUT2D eigenvalue weighted by atomic mass is 35.5. The number of rotatable bonds is 3. The molecule has 5 heteroatoms. The van der Waals surface area contributed by atoms with Crippen LogP contribution < -0.4 is 10.6 Å². The minimum absolute atomic E-state index is 0.226. The topological polar surface area (TPSA) is 62.3 Å². The zero-order valence-electron chi connectivity index (χ0n) is 11.0. The van der Waals surface area contributed by atoms with E-state index in [-0.39, 0.29) is 12.1 Å². The molecule has 1 heterocycles. The zero-order valence-corrected chi connectivity index (χ0v) is 11.7. The summed E-state index contributed by atoms with van der Waals surface area (Å²) in [6, 6.07) is 7.71. The number of nitriles is 1. The van der Waals surface area contributed by atoms with Gasteiger partial charge >= 0.3 is 0 Å². The van der Waals surface area contributed by atoms with Gasteiger partial charge in [-0.3, -0.25) is 0 Å². The standard InChI is InChI=1S/C14H18ClN3O/c1-19-12-4-5-18(11(7-12)9-17)14-3-2-10(8-16)6-13(14)15/h2-3,6,11-12H,4-5,7,9,17H2,1H3. The number of nitrogens with two attached hydrogens (primary N) is 1. The van der Waals surface area contributed by atoms with Crippen LogP contribution in [0, 0.1) is 11.3 Å². The summed E-state index contributed by atoms with van der Waals surface area (Å²) in [6.45, 7) is 1.43. The number of benzene rings is 1. The summed E-state index contributed by atoms with van der Waals surface area (Å²) in [5, 5.41) is 9.47. The first-order chi connectivity index (χ1) is 9.19. The summed E-state index contributed by atoms with van der Waals surface area (Å²) >= 11 is 6.27. The third kappa shape index (κ3) is 3.01. The van der Waals surface area contributed by atoms with Crippen LogP contribution >= 0.6 is 11.6 Å². The predicted octanol–water partition coefficient (Wildman–Crippen LogP) is 2.15. The molecule has 1 aliphatic rings. The van der Waals surface area contributed by atoms with Crippen molar-refractivity contribution in [2.45, 2.75) is 25.0 Å². The molecule has 0 bridgehead atoms. The van der Waals surface area contributed by atoms with Gasteiger partial charge < -0.3 is 15.4 Å². The second-order valence-corrected chi connectivity index (χ2v) is 5.15. The molecule has 1 fully saturated rings. The van der Waals surface area contributed by atoms with Crippen LogP contribution in [0.1, 0.15) is 18.4 Å². The first-order valence-electron chi connectivity index (χ1n) is 6.38. The first kappa shape index (κ1) is 14.1. The fourth-order valence-electron chi connectivity index (χ4n) is 2.58. The Morgan fingerprint density at radius 3 is 2.95 bits per heavy atom. The van der Waals surface area contributed by atoms with Crippen molar-refractivity contribution in [1.82, 2.24) is 0 Å². The summed E-state index contributed by atoms with van der Waals surface area (Å²) in [7, 11) is 1.74. The van der Waals surface area contributed by atoms with E-state index in [4.69, 9.17) is 27.3 Å². The molecule has 19 heavy (non-hydrogen) atoms. The molecule has 0 aliphatic carbocycles. The van der Waals surface area contributed by atoms with Crippen molar-refractivity contribution in [3.8, 4) is 6.07 Å². The highest BCUT2D eigenvalue weighted by molar-refractivity contribution is 6.33. The summed E-state index contributed by atoms with van der Waals surface area (Å²) in [5.41, 5.74) is 7.39. The molecule has 0 spiro atoms. The molecule has 102 valence electrons. The van der Waals surface area contributed by atoms with Gasteiger partial charge in [-0.1, -0.05) is 11.6 Å². The van der Waals surface area contributed by atoms with Crippen LogP contribution in [0.5, 0.6) is 0 Å². The molecular formula is C14H18ClN3O. The van der Waals surface area contributed by atoms with Gasteiger partial charge in [0.25, 0.3) is 0 Å². The minimum Gasteiger partial charge on any atom is -0.381 e. The number of hydrogen-bond acceptors (Lipinski definition) is 4. The van der Waals surface area contributed by atoms with Crippen molar-refractivity contribution >= 4 is 17.3 Å². The van der Waals surface area contributed by atoms with Crippen molar-refractivity contribution in [3.05, 3.63) is 28.8 Å². The van der Waals surface area contributed by atoms with Crippen molar-refractivity contribution in [3.63, 3.8) is 0 Å². The Labute approximate surface area is 118 Å². The number of nitrogens with zero attached hydrogens (tertiary/aromatic N) is 2. The molecular weight excluding hydrogens is 262 g/mol. The Balaban J connectivity index is 2.23. The van der Waals surface area contributed by atoms with Crippen molar-refractivity contribution in [2.24, 2.45) is 5.73 Å². The molecule has 4 nitrogen and oxygen atoms in total. The SMILES string of the molecule is COC1CCN(c2ccc(C#N)cc2Cl)C(CN)C1. The zero-order chi connectivity index (χ0) is 13.8. The lowest BCUT2D eigenvalue weighted by atomic mass is 9.98. The van der Waals surface area contributed by atoms with Gasteiger partial charge in [-0.05, 0) is 31.0 Å². The van der Waals surface area contributed by atoms with Gasteiger partial charge in [-0.2, -0.15) is 5.26 Å². The number of piperidine rings is 1. The third-order valence-electron chi connectivity index (χ3n) is 3.66. The number of methoxy groups -OCH3 is 1. The highest BCUT2D eigenvalue weighted by Crippen LogP contribution is 2.32. The van der Waals surface area contributed by atoms with E-state index in [0.29, 0.717) is 17.1 Å². The Kier molecular flexibility index (Phi) is 4.65. The van der Waals surface area contributed by atoms with E-state index in [2.05, 4.69) is 11.0 Å². The third-order valence-corrected chi connectivity index (χ3v) is 3.96. The molecule has 2 atom stereocenters. The molecule has 0 amide bonds. The van der Waals surface area contributed by atoms with Crippen molar-refractivity contribution < 1.29 is 4.74 Å². The van der Waals surface area contributed by atoms with Gasteiger partial charge in [0.2, 0.25) is 0 Å². The van der Waals surface area contributed by atoms with Crippen LogP contribution in [0.25, 0.3) is 0 Å². The Bertz CT molecular complexity index is 486. The van der Waals surface area contributed by atoms with Gasteiger partial charge in [0, 0.05) is 26.2 Å². The fraction of sp³-hybridized carbons (Fsp3) is 0.500. The lowest BCUT2D eigenvalue weighted by Crippen LogP contribution is -2.48. The van der Waals surface area contributed by atoms with Crippen LogP contribution in [0.2, 0.25) is 5.02 Å². The lowest BCUT2D eigenvalue weighted by molar-refractivity contribution is 0.0709. The lowest BCUT2D eigenvalue weighted by Gasteiger charge is -2.40. The maximum atomic E-state index is 8.87. The smallest absolute Gasteiger partial charge is 0.0992 e. The average molecular weight is 280 g/mol. The summed E-state index contributed by atoms with van der Waals surface area (Å²) < 4.78 is 5.42. The van der Waals surface area contributed by atoms with Crippen LogP contribution in [-0.2, 0) is 4.74 Å². The van der Waals surface area contributed by atoms with Gasteiger partial charge in [-0.15, -0.1) is 0 Å². The molecule has 1 aliphatic heterocycles. The monoisotopic (exact) mass is 279 g/mol. The average Bonchev–Trinajstić information content (AvgIpc) is 2.46. The maximum Gasteiger partial charge on any atom is 0.0992 e. The molecule has 1 aromatic carbocycles. The number of hydrogen-bond donors (Lipinski definition) is 1. The second-order valence-electron chi connectivity index (χ2n) is 4.74.